The Balaban J connectivity index is 1.93. The van der Waals surface area contributed by atoms with Crippen LogP contribution in [0.1, 0.15) is 46.3 Å². The van der Waals surface area contributed by atoms with Crippen molar-refractivity contribution in [3.8, 4) is 5.75 Å². The minimum absolute atomic E-state index is 0.0801. The van der Waals surface area contributed by atoms with E-state index in [1.807, 2.05) is 32.9 Å². The highest BCUT2D eigenvalue weighted by molar-refractivity contribution is 7.89. The van der Waals surface area contributed by atoms with Crippen molar-refractivity contribution in [3.05, 3.63) is 52.6 Å². The molecule has 1 amide bonds. The molecule has 0 radical (unpaired) electrons. The molecule has 1 aliphatic heterocycles. The van der Waals surface area contributed by atoms with Gasteiger partial charge in [-0.25, -0.2) is 8.42 Å². The van der Waals surface area contributed by atoms with Gasteiger partial charge >= 0.3 is 0 Å². The fourth-order valence-electron chi connectivity index (χ4n) is 3.60. The Kier molecular flexibility index (Phi) is 6.29. The van der Waals surface area contributed by atoms with Crippen LogP contribution in [-0.2, 0) is 10.0 Å². The highest BCUT2D eigenvalue weighted by atomic mass is 32.2. The number of aryl methyl sites for hydroxylation is 3. The molecule has 1 saturated heterocycles. The summed E-state index contributed by atoms with van der Waals surface area (Å²) in [5, 5.41) is 2.84. The summed E-state index contributed by atoms with van der Waals surface area (Å²) >= 11 is 0. The van der Waals surface area contributed by atoms with Crippen LogP contribution in [0, 0.1) is 20.8 Å². The van der Waals surface area contributed by atoms with Crippen LogP contribution < -0.4 is 10.1 Å². The summed E-state index contributed by atoms with van der Waals surface area (Å²) in [6.07, 6.45) is 2.74. The van der Waals surface area contributed by atoms with Crippen molar-refractivity contribution in [2.24, 2.45) is 0 Å². The van der Waals surface area contributed by atoms with Gasteiger partial charge in [-0.1, -0.05) is 12.5 Å². The SMILES string of the molecule is COc1ccc(NC(=O)c2cc(C)c(C)cc2C)cc1S(=O)(=O)N1CCCCC1. The van der Waals surface area contributed by atoms with Crippen LogP contribution >= 0.6 is 0 Å². The molecule has 1 heterocycles. The highest BCUT2D eigenvalue weighted by Gasteiger charge is 2.29. The van der Waals surface area contributed by atoms with Gasteiger partial charge in [-0.2, -0.15) is 4.31 Å². The second-order valence-corrected chi connectivity index (χ2v) is 9.44. The number of benzene rings is 2. The molecule has 156 valence electrons. The van der Waals surface area contributed by atoms with Gasteiger partial charge < -0.3 is 10.1 Å². The van der Waals surface area contributed by atoms with Gasteiger partial charge in [-0.05, 0) is 74.6 Å². The summed E-state index contributed by atoms with van der Waals surface area (Å²) in [5.74, 6) is 0.00743. The number of methoxy groups -OCH3 is 1. The van der Waals surface area contributed by atoms with E-state index in [-0.39, 0.29) is 16.6 Å². The van der Waals surface area contributed by atoms with E-state index in [1.54, 1.807) is 12.1 Å². The monoisotopic (exact) mass is 416 g/mol. The van der Waals surface area contributed by atoms with E-state index in [4.69, 9.17) is 4.74 Å². The van der Waals surface area contributed by atoms with Crippen LogP contribution in [0.4, 0.5) is 5.69 Å². The molecule has 0 saturated carbocycles. The Morgan fingerprint density at radius 3 is 2.28 bits per heavy atom. The smallest absolute Gasteiger partial charge is 0.255 e. The number of nitrogens with zero attached hydrogens (tertiary/aromatic N) is 1. The van der Waals surface area contributed by atoms with Gasteiger partial charge in [0, 0.05) is 24.3 Å². The number of carbonyl (C=O) groups excluding carboxylic acids is 1. The Bertz CT molecular complexity index is 1030. The maximum absolute atomic E-state index is 13.1. The molecular weight excluding hydrogens is 388 g/mol. The normalized spacial score (nSPS) is 15.2. The summed E-state index contributed by atoms with van der Waals surface area (Å²) in [4.78, 5) is 12.9. The lowest BCUT2D eigenvalue weighted by Gasteiger charge is -2.26. The third kappa shape index (κ3) is 4.46. The first-order valence-corrected chi connectivity index (χ1v) is 11.3. The lowest BCUT2D eigenvalue weighted by Crippen LogP contribution is -2.35. The summed E-state index contributed by atoms with van der Waals surface area (Å²) in [6, 6.07) is 8.55. The lowest BCUT2D eigenvalue weighted by molar-refractivity contribution is 0.102. The standard InChI is InChI=1S/C22H28N2O4S/c1-15-12-17(3)19(13-16(15)2)22(25)23-18-8-9-20(28-4)21(14-18)29(26,27)24-10-6-5-7-11-24/h8-9,12-14H,5-7,10-11H2,1-4H3,(H,23,25). The van der Waals surface area contributed by atoms with Crippen LogP contribution in [-0.4, -0.2) is 38.8 Å². The number of ether oxygens (including phenoxy) is 1. The maximum atomic E-state index is 13.1. The van der Waals surface area contributed by atoms with Crippen LogP contribution in [0.25, 0.3) is 0 Å². The van der Waals surface area contributed by atoms with E-state index in [0.717, 1.165) is 36.0 Å². The third-order valence-corrected chi connectivity index (χ3v) is 7.36. The van der Waals surface area contributed by atoms with Crippen LogP contribution in [0.15, 0.2) is 35.2 Å². The van der Waals surface area contributed by atoms with Crippen LogP contribution in [0.2, 0.25) is 0 Å². The summed E-state index contributed by atoms with van der Waals surface area (Å²) in [5.41, 5.74) is 4.02. The van der Waals surface area contributed by atoms with Gasteiger partial charge in [0.1, 0.15) is 10.6 Å². The zero-order valence-electron chi connectivity index (χ0n) is 17.4. The van der Waals surface area contributed by atoms with Gasteiger partial charge in [0.2, 0.25) is 10.0 Å². The molecule has 0 atom stereocenters. The van der Waals surface area contributed by atoms with E-state index in [1.165, 1.54) is 17.5 Å². The Morgan fingerprint density at radius 2 is 1.62 bits per heavy atom. The summed E-state index contributed by atoms with van der Waals surface area (Å²) < 4.78 is 33.1. The van der Waals surface area contributed by atoms with Crippen molar-refractivity contribution < 1.29 is 17.9 Å². The second kappa shape index (κ2) is 8.55. The van der Waals surface area contributed by atoms with E-state index >= 15 is 0 Å². The molecule has 7 heteroatoms. The number of hydrogen-bond donors (Lipinski definition) is 1. The van der Waals surface area contributed by atoms with Gasteiger partial charge in [0.25, 0.3) is 5.91 Å². The molecule has 2 aromatic rings. The molecule has 0 bridgehead atoms. The van der Waals surface area contributed by atoms with E-state index in [9.17, 15) is 13.2 Å². The largest absolute Gasteiger partial charge is 0.495 e. The molecular formula is C22H28N2O4S. The van der Waals surface area contributed by atoms with E-state index in [0.29, 0.717) is 24.3 Å². The van der Waals surface area contributed by atoms with Gasteiger partial charge in [0.15, 0.2) is 0 Å². The fourth-order valence-corrected chi connectivity index (χ4v) is 5.30. The molecule has 1 fully saturated rings. The second-order valence-electron chi connectivity index (χ2n) is 7.54. The maximum Gasteiger partial charge on any atom is 0.255 e. The zero-order valence-corrected chi connectivity index (χ0v) is 18.2. The van der Waals surface area contributed by atoms with Crippen molar-refractivity contribution in [3.63, 3.8) is 0 Å². The summed E-state index contributed by atoms with van der Waals surface area (Å²) in [7, 11) is -2.25. The molecule has 2 aromatic carbocycles. The number of piperidine rings is 1. The Morgan fingerprint density at radius 1 is 0.966 bits per heavy atom. The number of amides is 1. The van der Waals surface area contributed by atoms with Crippen LogP contribution in [0.3, 0.4) is 0 Å². The van der Waals surface area contributed by atoms with E-state index < -0.39 is 10.0 Å². The Hall–Kier alpha value is -2.38. The quantitative estimate of drug-likeness (QED) is 0.798. The molecule has 29 heavy (non-hydrogen) atoms. The van der Waals surface area contributed by atoms with E-state index in [2.05, 4.69) is 5.32 Å². The van der Waals surface area contributed by atoms with Crippen molar-refractivity contribution in [2.45, 2.75) is 44.9 Å². The number of carbonyl (C=O) groups is 1. The fraction of sp³-hybridized carbons (Fsp3) is 0.409. The number of hydrogen-bond acceptors (Lipinski definition) is 4. The minimum atomic E-state index is -3.69. The lowest BCUT2D eigenvalue weighted by atomic mass is 10.0. The van der Waals surface area contributed by atoms with Crippen molar-refractivity contribution in [1.29, 1.82) is 0 Å². The van der Waals surface area contributed by atoms with Gasteiger partial charge in [-0.15, -0.1) is 0 Å². The molecule has 0 aromatic heterocycles. The predicted molar refractivity (Wildman–Crippen MR) is 114 cm³/mol. The molecule has 1 N–H and O–H groups in total. The Labute approximate surface area is 172 Å². The third-order valence-electron chi connectivity index (χ3n) is 5.44. The highest BCUT2D eigenvalue weighted by Crippen LogP contribution is 2.31. The molecule has 0 unspecified atom stereocenters. The topological polar surface area (TPSA) is 75.7 Å². The van der Waals surface area contributed by atoms with Gasteiger partial charge in [-0.3, -0.25) is 4.79 Å². The van der Waals surface area contributed by atoms with Crippen LogP contribution in [0.5, 0.6) is 5.75 Å². The minimum Gasteiger partial charge on any atom is -0.495 e. The van der Waals surface area contributed by atoms with Crippen molar-refractivity contribution >= 4 is 21.6 Å². The average molecular weight is 417 g/mol. The first kappa shape index (κ1) is 21.3. The molecule has 3 rings (SSSR count). The number of nitrogens with one attached hydrogen (secondary N) is 1. The number of sulfonamides is 1. The van der Waals surface area contributed by atoms with Crippen molar-refractivity contribution in [1.82, 2.24) is 4.31 Å². The molecule has 6 nitrogen and oxygen atoms in total. The molecule has 0 spiro atoms. The average Bonchev–Trinajstić information content (AvgIpc) is 2.71. The zero-order chi connectivity index (χ0) is 21.2. The summed E-state index contributed by atoms with van der Waals surface area (Å²) in [6.45, 7) is 6.86. The first-order chi connectivity index (χ1) is 13.7. The van der Waals surface area contributed by atoms with Crippen molar-refractivity contribution in [2.75, 3.05) is 25.5 Å². The number of rotatable bonds is 5. The molecule has 1 aliphatic rings. The molecule has 0 aliphatic carbocycles. The van der Waals surface area contributed by atoms with Gasteiger partial charge in [0.05, 0.1) is 7.11 Å². The number of anilines is 1. The first-order valence-electron chi connectivity index (χ1n) is 9.81. The predicted octanol–water partition coefficient (Wildman–Crippen LogP) is 4.05.